The zero-order valence-electron chi connectivity index (χ0n) is 32.9. The van der Waals surface area contributed by atoms with E-state index < -0.39 is 72.2 Å². The standard InChI is InChI=1S/C47H44N6O8/c48-28-35-14-8-7-13-34(35)26-39-45(58)52-38(24-30-15-19-33(20-16-30)32-11-5-2-6-12-32)43(56)51-37(23-29-9-3-1-4-10-29)44(57)53-40(47(60)61)25-31-17-21-36(22-18-31)49-46(59)41(54)27-42(55)50-39/h1-22,37-41,54H,23-27H2,(H,49,59)(H,50,55)(H,51,56)(H,52,58)(H,53,57)(H,60,61)/t37-,38+,39-,40+,41-/m1/s1. The van der Waals surface area contributed by atoms with Gasteiger partial charge in [-0.1, -0.05) is 115 Å². The predicted molar refractivity (Wildman–Crippen MR) is 225 cm³/mol. The molecule has 61 heavy (non-hydrogen) atoms. The molecule has 2 heterocycles. The first-order chi connectivity index (χ1) is 29.4. The van der Waals surface area contributed by atoms with Crippen LogP contribution in [0.3, 0.4) is 0 Å². The number of hydrogen-bond donors (Lipinski definition) is 7. The third-order valence-corrected chi connectivity index (χ3v) is 10.2. The number of nitriles is 1. The first-order valence-corrected chi connectivity index (χ1v) is 19.6. The number of nitrogens with zero attached hydrogens (tertiary/aromatic N) is 1. The molecule has 2 aliphatic heterocycles. The number of carbonyl (C=O) groups is 6. The minimum absolute atomic E-state index is 0.0302. The highest BCUT2D eigenvalue weighted by atomic mass is 16.4. The third-order valence-electron chi connectivity index (χ3n) is 10.2. The summed E-state index contributed by atoms with van der Waals surface area (Å²) in [5.74, 6) is -5.51. The summed E-state index contributed by atoms with van der Waals surface area (Å²) in [5, 5.41) is 43.9. The van der Waals surface area contributed by atoms with Crippen molar-refractivity contribution in [1.29, 1.82) is 5.26 Å². The van der Waals surface area contributed by atoms with E-state index in [0.717, 1.165) is 11.1 Å². The van der Waals surface area contributed by atoms with Crippen LogP contribution in [0.2, 0.25) is 0 Å². The van der Waals surface area contributed by atoms with Crippen molar-refractivity contribution in [3.63, 3.8) is 0 Å². The molecule has 5 atom stereocenters. The van der Waals surface area contributed by atoms with Gasteiger partial charge in [-0.25, -0.2) is 4.79 Å². The summed E-state index contributed by atoms with van der Waals surface area (Å²) in [4.78, 5) is 81.8. The molecule has 5 amide bonds. The normalized spacial score (nSPS) is 20.4. The average molecular weight is 821 g/mol. The summed E-state index contributed by atoms with van der Waals surface area (Å²) in [5.41, 5.74) is 4.54. The molecule has 5 aromatic carbocycles. The molecule has 7 rings (SSSR count). The van der Waals surface area contributed by atoms with Crippen LogP contribution in [0.5, 0.6) is 0 Å². The summed E-state index contributed by atoms with van der Waals surface area (Å²) in [7, 11) is 0. The summed E-state index contributed by atoms with van der Waals surface area (Å²) < 4.78 is 0. The van der Waals surface area contributed by atoms with E-state index in [1.807, 2.05) is 42.5 Å². The number of carbonyl (C=O) groups excluding carboxylic acids is 5. The molecule has 0 radical (unpaired) electrons. The van der Waals surface area contributed by atoms with Crippen molar-refractivity contribution >= 4 is 41.2 Å². The van der Waals surface area contributed by atoms with Crippen LogP contribution in [-0.2, 0) is 54.5 Å². The Bertz CT molecular complexity index is 2400. The lowest BCUT2D eigenvalue weighted by atomic mass is 9.97. The van der Waals surface area contributed by atoms with Crippen LogP contribution in [0.25, 0.3) is 11.1 Å². The van der Waals surface area contributed by atoms with Gasteiger partial charge < -0.3 is 36.8 Å². The number of aliphatic hydroxyl groups is 1. The van der Waals surface area contributed by atoms with Gasteiger partial charge in [0.05, 0.1) is 18.1 Å². The van der Waals surface area contributed by atoms with Crippen LogP contribution in [0.15, 0.2) is 133 Å². The van der Waals surface area contributed by atoms with Gasteiger partial charge in [0.25, 0.3) is 5.91 Å². The number of nitrogens with one attached hydrogen (secondary N) is 5. The molecule has 0 saturated heterocycles. The van der Waals surface area contributed by atoms with Crippen LogP contribution in [0.4, 0.5) is 5.69 Å². The van der Waals surface area contributed by atoms with Gasteiger partial charge in [-0.15, -0.1) is 0 Å². The Morgan fingerprint density at radius 1 is 0.574 bits per heavy atom. The molecule has 0 aliphatic carbocycles. The minimum atomic E-state index is -1.84. The number of anilines is 1. The molecule has 310 valence electrons. The molecule has 0 unspecified atom stereocenters. The highest BCUT2D eigenvalue weighted by Crippen LogP contribution is 2.21. The molecule has 14 nitrogen and oxygen atoms in total. The van der Waals surface area contributed by atoms with Gasteiger partial charge in [-0.05, 0) is 51.6 Å². The number of carboxylic acids is 1. The van der Waals surface area contributed by atoms with Crippen LogP contribution < -0.4 is 26.6 Å². The largest absolute Gasteiger partial charge is 0.480 e. The van der Waals surface area contributed by atoms with Crippen molar-refractivity contribution in [1.82, 2.24) is 21.3 Å². The molecule has 0 spiro atoms. The second-order valence-electron chi connectivity index (χ2n) is 14.7. The van der Waals surface area contributed by atoms with Crippen molar-refractivity contribution in [2.45, 2.75) is 62.4 Å². The lowest BCUT2D eigenvalue weighted by Crippen LogP contribution is -2.59. The Hall–Kier alpha value is -7.63. The second kappa shape index (κ2) is 20.4. The predicted octanol–water partition coefficient (Wildman–Crippen LogP) is 3.22. The van der Waals surface area contributed by atoms with Crippen molar-refractivity contribution < 1.29 is 39.0 Å². The zero-order chi connectivity index (χ0) is 43.3. The Morgan fingerprint density at radius 2 is 1.10 bits per heavy atom. The number of carboxylic acid groups (broad SMARTS) is 1. The first kappa shape index (κ1) is 43.0. The zero-order valence-corrected chi connectivity index (χ0v) is 32.9. The van der Waals surface area contributed by atoms with Gasteiger partial charge in [0.1, 0.15) is 30.3 Å². The molecule has 0 fully saturated rings. The quantitative estimate of drug-likeness (QED) is 0.114. The summed E-state index contributed by atoms with van der Waals surface area (Å²) in [6.07, 6.45) is -3.04. The van der Waals surface area contributed by atoms with Crippen molar-refractivity contribution in [3.05, 3.63) is 161 Å². The monoisotopic (exact) mass is 820 g/mol. The van der Waals surface area contributed by atoms with Crippen LogP contribution in [0.1, 0.15) is 34.2 Å². The molecular formula is C47H44N6O8. The smallest absolute Gasteiger partial charge is 0.326 e. The van der Waals surface area contributed by atoms with Gasteiger partial charge >= 0.3 is 5.97 Å². The van der Waals surface area contributed by atoms with Crippen molar-refractivity contribution in [2.24, 2.45) is 0 Å². The molecule has 7 N–H and O–H groups in total. The van der Waals surface area contributed by atoms with Gasteiger partial charge in [0.15, 0.2) is 0 Å². The Labute approximate surface area is 352 Å². The number of aliphatic carboxylic acids is 1. The molecule has 2 aliphatic rings. The maximum atomic E-state index is 14.5. The van der Waals surface area contributed by atoms with E-state index in [9.17, 15) is 44.2 Å². The number of hydrogen-bond acceptors (Lipinski definition) is 8. The Kier molecular flexibility index (Phi) is 14.3. The minimum Gasteiger partial charge on any atom is -0.480 e. The van der Waals surface area contributed by atoms with Crippen LogP contribution in [0, 0.1) is 11.3 Å². The first-order valence-electron chi connectivity index (χ1n) is 19.6. The van der Waals surface area contributed by atoms with Gasteiger partial charge in [-0.2, -0.15) is 5.26 Å². The van der Waals surface area contributed by atoms with Crippen molar-refractivity contribution in [2.75, 3.05) is 5.32 Å². The third kappa shape index (κ3) is 12.0. The second-order valence-corrected chi connectivity index (χ2v) is 14.7. The fourth-order valence-corrected chi connectivity index (χ4v) is 6.93. The summed E-state index contributed by atoms with van der Waals surface area (Å²) in [6.45, 7) is 0. The number of fused-ring (bicyclic) bond motifs is 18. The van der Waals surface area contributed by atoms with Crippen molar-refractivity contribution in [3.8, 4) is 17.2 Å². The fraction of sp³-hybridized carbons (Fsp3) is 0.213. The molecule has 5 aromatic rings. The SMILES string of the molecule is N#Cc1ccccc1C[C@H]1NC(=O)C[C@@H](O)C(=O)Nc2ccc(cc2)C[C@@H](C(=O)O)NC(=O)[C@@H](Cc2ccccc2)NC(=O)[C@H](Cc2ccc(-c3ccccc3)cc2)NC1=O. The fourth-order valence-electron chi connectivity index (χ4n) is 6.93. The number of benzene rings is 5. The number of amides is 5. The maximum absolute atomic E-state index is 14.5. The highest BCUT2D eigenvalue weighted by molar-refractivity contribution is 5.98. The lowest BCUT2D eigenvalue weighted by molar-refractivity contribution is -0.142. The molecular weight excluding hydrogens is 777 g/mol. The van der Waals surface area contributed by atoms with E-state index in [1.54, 1.807) is 78.9 Å². The van der Waals surface area contributed by atoms with Gasteiger partial charge in [0.2, 0.25) is 23.6 Å². The average Bonchev–Trinajstić information content (AvgIpc) is 3.26. The van der Waals surface area contributed by atoms with Gasteiger partial charge in [0, 0.05) is 31.4 Å². The molecule has 0 saturated carbocycles. The van der Waals surface area contributed by atoms with E-state index >= 15 is 0 Å². The van der Waals surface area contributed by atoms with E-state index in [4.69, 9.17) is 0 Å². The van der Waals surface area contributed by atoms with Crippen LogP contribution >= 0.6 is 0 Å². The Morgan fingerprint density at radius 3 is 1.70 bits per heavy atom. The molecule has 0 aromatic heterocycles. The molecule has 14 heteroatoms. The highest BCUT2D eigenvalue weighted by Gasteiger charge is 2.33. The number of aliphatic hydroxyl groups excluding tert-OH is 1. The van der Waals surface area contributed by atoms with E-state index in [0.29, 0.717) is 22.3 Å². The van der Waals surface area contributed by atoms with E-state index in [-0.39, 0.29) is 36.9 Å². The maximum Gasteiger partial charge on any atom is 0.326 e. The van der Waals surface area contributed by atoms with Crippen LogP contribution in [-0.4, -0.2) is 76.0 Å². The van der Waals surface area contributed by atoms with E-state index in [2.05, 4.69) is 32.7 Å². The number of rotatable bonds is 8. The lowest BCUT2D eigenvalue weighted by Gasteiger charge is -2.27. The molecule has 2 bridgehead atoms. The summed E-state index contributed by atoms with van der Waals surface area (Å²) in [6, 6.07) is 34.8. The summed E-state index contributed by atoms with van der Waals surface area (Å²) >= 11 is 0. The van der Waals surface area contributed by atoms with Gasteiger partial charge in [-0.3, -0.25) is 24.0 Å². The topological polar surface area (TPSA) is 227 Å². The Balaban J connectivity index is 1.38. The van der Waals surface area contributed by atoms with E-state index in [1.165, 1.54) is 12.1 Å².